The van der Waals surface area contributed by atoms with Gasteiger partial charge in [0.05, 0.1) is 6.21 Å². The Morgan fingerprint density at radius 2 is 1.75 bits per heavy atom. The van der Waals surface area contributed by atoms with Crippen molar-refractivity contribution in [1.82, 2.24) is 5.43 Å². The van der Waals surface area contributed by atoms with Crippen molar-refractivity contribution in [2.75, 3.05) is 6.61 Å². The van der Waals surface area contributed by atoms with Gasteiger partial charge in [-0.3, -0.25) is 4.79 Å². The van der Waals surface area contributed by atoms with Gasteiger partial charge in [-0.05, 0) is 40.8 Å². The second-order valence-corrected chi connectivity index (χ2v) is 6.84. The lowest BCUT2D eigenvalue weighted by Gasteiger charge is -2.19. The zero-order chi connectivity index (χ0) is 17.6. The van der Waals surface area contributed by atoms with E-state index in [1.54, 1.807) is 18.3 Å². The Balaban J connectivity index is 1.79. The predicted molar refractivity (Wildman–Crippen MR) is 97.8 cm³/mol. The summed E-state index contributed by atoms with van der Waals surface area (Å²) in [7, 11) is 0. The van der Waals surface area contributed by atoms with Crippen LogP contribution >= 0.6 is 11.6 Å². The maximum atomic E-state index is 11.7. The summed E-state index contributed by atoms with van der Waals surface area (Å²) in [6, 6.07) is 14.9. The predicted octanol–water partition coefficient (Wildman–Crippen LogP) is 4.17. The maximum Gasteiger partial charge on any atom is 0.277 e. The maximum absolute atomic E-state index is 11.7. The molecule has 1 amide bonds. The minimum atomic E-state index is -0.319. The van der Waals surface area contributed by atoms with E-state index in [0.717, 1.165) is 5.56 Å². The molecule has 24 heavy (non-hydrogen) atoms. The molecule has 0 fully saturated rings. The van der Waals surface area contributed by atoms with Crippen LogP contribution in [0.1, 0.15) is 31.9 Å². The number of nitrogens with zero attached hydrogens (tertiary/aromatic N) is 1. The first-order valence-corrected chi connectivity index (χ1v) is 8.03. The summed E-state index contributed by atoms with van der Waals surface area (Å²) >= 11 is 5.80. The number of carbonyl (C=O) groups excluding carboxylic acids is 1. The molecule has 2 rings (SSSR count). The highest BCUT2D eigenvalue weighted by atomic mass is 35.5. The van der Waals surface area contributed by atoms with Gasteiger partial charge >= 0.3 is 0 Å². The first-order chi connectivity index (χ1) is 11.3. The molecule has 0 aliphatic carbocycles. The lowest BCUT2D eigenvalue weighted by Crippen LogP contribution is -2.24. The van der Waals surface area contributed by atoms with Gasteiger partial charge in [-0.15, -0.1) is 0 Å². The van der Waals surface area contributed by atoms with Gasteiger partial charge in [0, 0.05) is 5.02 Å². The second-order valence-electron chi connectivity index (χ2n) is 6.41. The molecule has 1 N–H and O–H groups in total. The highest BCUT2D eigenvalue weighted by Gasteiger charge is 2.13. The standard InChI is InChI=1S/C19H21ClN2O2/c1-19(2,3)15-6-10-17(11-7-15)24-13-18(23)22-21-12-14-4-8-16(20)9-5-14/h4-12H,13H2,1-3H3,(H,22,23)/b21-12+. The lowest BCUT2D eigenvalue weighted by molar-refractivity contribution is -0.123. The van der Waals surface area contributed by atoms with Gasteiger partial charge in [-0.2, -0.15) is 5.10 Å². The molecule has 4 nitrogen and oxygen atoms in total. The largest absolute Gasteiger partial charge is 0.484 e. The van der Waals surface area contributed by atoms with Gasteiger partial charge in [-0.1, -0.05) is 56.6 Å². The van der Waals surface area contributed by atoms with Crippen molar-refractivity contribution < 1.29 is 9.53 Å². The Morgan fingerprint density at radius 3 is 2.33 bits per heavy atom. The van der Waals surface area contributed by atoms with Crippen molar-refractivity contribution >= 4 is 23.7 Å². The van der Waals surface area contributed by atoms with Gasteiger partial charge < -0.3 is 4.74 Å². The number of hydrogen-bond acceptors (Lipinski definition) is 3. The summed E-state index contributed by atoms with van der Waals surface area (Å²) in [6.07, 6.45) is 1.55. The molecule has 0 aromatic heterocycles. The van der Waals surface area contributed by atoms with Crippen LogP contribution in [-0.2, 0) is 10.2 Å². The molecule has 5 heteroatoms. The average Bonchev–Trinajstić information content (AvgIpc) is 2.54. The topological polar surface area (TPSA) is 50.7 Å². The van der Waals surface area contributed by atoms with Gasteiger partial charge in [0.25, 0.3) is 5.91 Å². The number of rotatable bonds is 5. The Labute approximate surface area is 147 Å². The third-order valence-electron chi connectivity index (χ3n) is 3.36. The molecule has 0 bridgehead atoms. The van der Waals surface area contributed by atoms with Crippen LogP contribution < -0.4 is 10.2 Å². The second kappa shape index (κ2) is 7.97. The zero-order valence-corrected chi connectivity index (χ0v) is 14.8. The quantitative estimate of drug-likeness (QED) is 0.653. The van der Waals surface area contributed by atoms with Crippen LogP contribution in [-0.4, -0.2) is 18.7 Å². The van der Waals surface area contributed by atoms with E-state index in [1.807, 2.05) is 36.4 Å². The first-order valence-electron chi connectivity index (χ1n) is 7.65. The van der Waals surface area contributed by atoms with Crippen LogP contribution in [0, 0.1) is 0 Å². The third kappa shape index (κ3) is 5.70. The number of nitrogens with one attached hydrogen (secondary N) is 1. The average molecular weight is 345 g/mol. The summed E-state index contributed by atoms with van der Waals surface area (Å²) in [5.41, 5.74) is 4.57. The fourth-order valence-corrected chi connectivity index (χ4v) is 2.09. The Morgan fingerprint density at radius 1 is 1.12 bits per heavy atom. The van der Waals surface area contributed by atoms with E-state index in [2.05, 4.69) is 31.3 Å². The van der Waals surface area contributed by atoms with Crippen molar-refractivity contribution in [3.63, 3.8) is 0 Å². The molecule has 0 heterocycles. The fraction of sp³-hybridized carbons (Fsp3) is 0.263. The minimum Gasteiger partial charge on any atom is -0.484 e. The smallest absolute Gasteiger partial charge is 0.277 e. The summed E-state index contributed by atoms with van der Waals surface area (Å²) < 4.78 is 5.45. The van der Waals surface area contributed by atoms with Crippen LogP contribution in [0.4, 0.5) is 0 Å². The van der Waals surface area contributed by atoms with Crippen LogP contribution in [0.2, 0.25) is 5.02 Å². The monoisotopic (exact) mass is 344 g/mol. The Bertz CT molecular complexity index is 702. The number of ether oxygens (including phenoxy) is 1. The number of carbonyl (C=O) groups is 1. The van der Waals surface area contributed by atoms with Crippen molar-refractivity contribution in [1.29, 1.82) is 0 Å². The molecule has 2 aromatic rings. The summed E-state index contributed by atoms with van der Waals surface area (Å²) in [5.74, 6) is 0.333. The van der Waals surface area contributed by atoms with Crippen LogP contribution in [0.3, 0.4) is 0 Å². The molecule has 0 saturated carbocycles. The van der Waals surface area contributed by atoms with E-state index in [9.17, 15) is 4.79 Å². The molecule has 0 saturated heterocycles. The summed E-state index contributed by atoms with van der Waals surface area (Å²) in [6.45, 7) is 6.35. The summed E-state index contributed by atoms with van der Waals surface area (Å²) in [4.78, 5) is 11.7. The molecule has 0 radical (unpaired) electrons. The van der Waals surface area contributed by atoms with Crippen molar-refractivity contribution in [3.05, 3.63) is 64.7 Å². The van der Waals surface area contributed by atoms with E-state index in [0.29, 0.717) is 10.8 Å². The van der Waals surface area contributed by atoms with Gasteiger partial charge in [0.15, 0.2) is 6.61 Å². The van der Waals surface area contributed by atoms with E-state index in [4.69, 9.17) is 16.3 Å². The van der Waals surface area contributed by atoms with Gasteiger partial charge in [0.1, 0.15) is 5.75 Å². The Hall–Kier alpha value is -2.33. The zero-order valence-electron chi connectivity index (χ0n) is 14.0. The molecule has 0 atom stereocenters. The van der Waals surface area contributed by atoms with Crippen LogP contribution in [0.5, 0.6) is 5.75 Å². The molecule has 0 unspecified atom stereocenters. The van der Waals surface area contributed by atoms with Gasteiger partial charge in [0.2, 0.25) is 0 Å². The fourth-order valence-electron chi connectivity index (χ4n) is 1.96. The summed E-state index contributed by atoms with van der Waals surface area (Å²) in [5, 5.41) is 4.54. The van der Waals surface area contributed by atoms with Gasteiger partial charge in [-0.25, -0.2) is 5.43 Å². The molecule has 126 valence electrons. The number of benzene rings is 2. The van der Waals surface area contributed by atoms with E-state index in [-0.39, 0.29) is 17.9 Å². The number of amides is 1. The number of hydrogen-bond donors (Lipinski definition) is 1. The van der Waals surface area contributed by atoms with Crippen molar-refractivity contribution in [2.24, 2.45) is 5.10 Å². The molecule has 0 spiro atoms. The minimum absolute atomic E-state index is 0.0896. The first kappa shape index (κ1) is 18.0. The molecular formula is C19H21ClN2O2. The van der Waals surface area contributed by atoms with Crippen molar-refractivity contribution in [3.8, 4) is 5.75 Å². The molecule has 0 aliphatic heterocycles. The van der Waals surface area contributed by atoms with E-state index < -0.39 is 0 Å². The lowest BCUT2D eigenvalue weighted by atomic mass is 9.87. The van der Waals surface area contributed by atoms with Crippen molar-refractivity contribution in [2.45, 2.75) is 26.2 Å². The Kier molecular flexibility index (Phi) is 5.99. The third-order valence-corrected chi connectivity index (χ3v) is 3.62. The van der Waals surface area contributed by atoms with Crippen LogP contribution in [0.25, 0.3) is 0 Å². The highest BCUT2D eigenvalue weighted by Crippen LogP contribution is 2.24. The number of hydrazone groups is 1. The van der Waals surface area contributed by atoms with E-state index in [1.165, 1.54) is 5.56 Å². The number of halogens is 1. The molecule has 0 aliphatic rings. The molecular weight excluding hydrogens is 324 g/mol. The van der Waals surface area contributed by atoms with Crippen LogP contribution in [0.15, 0.2) is 53.6 Å². The SMILES string of the molecule is CC(C)(C)c1ccc(OCC(=O)N/N=C/c2ccc(Cl)cc2)cc1. The molecule has 2 aromatic carbocycles. The highest BCUT2D eigenvalue weighted by molar-refractivity contribution is 6.30. The normalized spacial score (nSPS) is 11.5. The van der Waals surface area contributed by atoms with E-state index >= 15 is 0 Å².